The minimum Gasteiger partial charge on any atom is -0.497 e. The molecule has 1 saturated heterocycles. The molecule has 29 heavy (non-hydrogen) atoms. The number of rotatable bonds is 6. The zero-order valence-corrected chi connectivity index (χ0v) is 18.8. The van der Waals surface area contributed by atoms with Crippen molar-refractivity contribution in [1.29, 1.82) is 0 Å². The summed E-state index contributed by atoms with van der Waals surface area (Å²) >= 11 is 13.4. The quantitative estimate of drug-likeness (QED) is 0.597. The van der Waals surface area contributed by atoms with E-state index in [1.54, 1.807) is 18.1 Å². The van der Waals surface area contributed by atoms with Crippen LogP contribution in [0, 0.1) is 0 Å². The molecule has 0 saturated carbocycles. The summed E-state index contributed by atoms with van der Waals surface area (Å²) in [6, 6.07) is 11.8. The fourth-order valence-electron chi connectivity index (χ4n) is 2.90. The number of carbonyl (C=O) groups is 1. The van der Waals surface area contributed by atoms with Gasteiger partial charge in [0.2, 0.25) is 15.9 Å². The molecule has 2 aromatic carbocycles. The molecular formula is C19H20Cl2N2O4S2. The Labute approximate surface area is 184 Å². The van der Waals surface area contributed by atoms with Gasteiger partial charge in [0.25, 0.3) is 0 Å². The molecule has 1 fully saturated rings. The van der Waals surface area contributed by atoms with Crippen molar-refractivity contribution >= 4 is 50.9 Å². The van der Waals surface area contributed by atoms with Crippen LogP contribution in [0.25, 0.3) is 0 Å². The molecule has 10 heteroatoms. The molecule has 156 valence electrons. The van der Waals surface area contributed by atoms with Gasteiger partial charge < -0.3 is 9.64 Å². The number of halogens is 2. The van der Waals surface area contributed by atoms with E-state index in [1.165, 1.54) is 28.2 Å². The summed E-state index contributed by atoms with van der Waals surface area (Å²) in [5.74, 6) is 1.03. The summed E-state index contributed by atoms with van der Waals surface area (Å²) in [6.07, 6.45) is 0. The molecule has 1 amide bonds. The molecule has 0 aromatic heterocycles. The monoisotopic (exact) mass is 474 g/mol. The third-order valence-electron chi connectivity index (χ3n) is 4.52. The van der Waals surface area contributed by atoms with Gasteiger partial charge in [0.05, 0.1) is 17.9 Å². The fourth-order valence-corrected chi connectivity index (χ4v) is 5.86. The van der Waals surface area contributed by atoms with Crippen LogP contribution in [0.5, 0.6) is 5.75 Å². The number of sulfonamides is 1. The molecule has 0 N–H and O–H groups in total. The molecule has 3 rings (SSSR count). The number of amides is 1. The molecule has 0 atom stereocenters. The maximum Gasteiger partial charge on any atom is 0.244 e. The van der Waals surface area contributed by atoms with Crippen molar-refractivity contribution in [1.82, 2.24) is 9.21 Å². The fraction of sp³-hybridized carbons (Fsp3) is 0.316. The van der Waals surface area contributed by atoms with Crippen molar-refractivity contribution in [3.63, 3.8) is 0 Å². The second-order valence-corrected chi connectivity index (χ2v) is 10.1. The first-order valence-electron chi connectivity index (χ1n) is 8.81. The van der Waals surface area contributed by atoms with E-state index in [9.17, 15) is 13.2 Å². The van der Waals surface area contributed by atoms with E-state index in [0.29, 0.717) is 23.9 Å². The second kappa shape index (κ2) is 9.57. The summed E-state index contributed by atoms with van der Waals surface area (Å²) in [6.45, 7) is 1.09. The molecule has 0 aliphatic carbocycles. The summed E-state index contributed by atoms with van der Waals surface area (Å²) in [5, 5.41) is 0.432. The van der Waals surface area contributed by atoms with Gasteiger partial charge in [-0.15, -0.1) is 11.8 Å². The van der Waals surface area contributed by atoms with Gasteiger partial charge in [-0.05, 0) is 42.5 Å². The summed E-state index contributed by atoms with van der Waals surface area (Å²) in [5.41, 5.74) is 0. The first-order chi connectivity index (χ1) is 13.8. The number of benzene rings is 2. The van der Waals surface area contributed by atoms with Crippen LogP contribution in [0.4, 0.5) is 0 Å². The molecular weight excluding hydrogens is 455 g/mol. The third kappa shape index (κ3) is 5.38. The van der Waals surface area contributed by atoms with E-state index < -0.39 is 10.0 Å². The molecule has 0 unspecified atom stereocenters. The van der Waals surface area contributed by atoms with Crippen LogP contribution in [0.1, 0.15) is 0 Å². The lowest BCUT2D eigenvalue weighted by Crippen LogP contribution is -2.51. The number of ether oxygens (including phenoxy) is 1. The SMILES string of the molecule is COc1ccc(SCC(=O)N2CCN(S(=O)(=O)c3cc(Cl)ccc3Cl)CC2)cc1. The van der Waals surface area contributed by atoms with Crippen molar-refractivity contribution in [3.05, 3.63) is 52.5 Å². The Morgan fingerprint density at radius 2 is 1.72 bits per heavy atom. The maximum atomic E-state index is 12.9. The third-order valence-corrected chi connectivity index (χ3v) is 8.14. The van der Waals surface area contributed by atoms with Crippen LogP contribution in [0.3, 0.4) is 0 Å². The van der Waals surface area contributed by atoms with Crippen molar-refractivity contribution in [2.24, 2.45) is 0 Å². The zero-order chi connectivity index (χ0) is 21.0. The Kier molecular flexibility index (Phi) is 7.34. The van der Waals surface area contributed by atoms with Crippen LogP contribution < -0.4 is 4.74 Å². The molecule has 0 spiro atoms. The normalized spacial score (nSPS) is 15.3. The van der Waals surface area contributed by atoms with Gasteiger partial charge in [0.15, 0.2) is 0 Å². The van der Waals surface area contributed by atoms with Gasteiger partial charge in [-0.1, -0.05) is 23.2 Å². The second-order valence-electron chi connectivity index (χ2n) is 6.32. The minimum absolute atomic E-state index is 0.0125. The topological polar surface area (TPSA) is 66.9 Å². The number of thioether (sulfide) groups is 1. The Bertz CT molecular complexity index is 976. The van der Waals surface area contributed by atoms with E-state index in [2.05, 4.69) is 0 Å². The van der Waals surface area contributed by atoms with Crippen LogP contribution in [-0.2, 0) is 14.8 Å². The van der Waals surface area contributed by atoms with Crippen LogP contribution >= 0.6 is 35.0 Å². The lowest BCUT2D eigenvalue weighted by Gasteiger charge is -2.34. The standard InChI is InChI=1S/C19H20Cl2N2O4S2/c1-27-15-3-5-16(6-4-15)28-13-19(24)22-8-10-23(11-9-22)29(25,26)18-12-14(20)2-7-17(18)21/h2-7,12H,8-11,13H2,1H3. The molecule has 0 bridgehead atoms. The molecule has 2 aromatic rings. The van der Waals surface area contributed by atoms with Gasteiger partial charge in [-0.25, -0.2) is 8.42 Å². The predicted octanol–water partition coefficient (Wildman–Crippen LogP) is 3.63. The van der Waals surface area contributed by atoms with Crippen LogP contribution in [-0.4, -0.2) is 62.6 Å². The molecule has 1 aliphatic heterocycles. The van der Waals surface area contributed by atoms with Gasteiger partial charge in [0, 0.05) is 36.1 Å². The number of piperazine rings is 1. The molecule has 6 nitrogen and oxygen atoms in total. The van der Waals surface area contributed by atoms with Crippen molar-refractivity contribution in [2.45, 2.75) is 9.79 Å². The number of hydrogen-bond donors (Lipinski definition) is 0. The Morgan fingerprint density at radius 1 is 1.07 bits per heavy atom. The summed E-state index contributed by atoms with van der Waals surface area (Å²) in [4.78, 5) is 15.1. The Balaban J connectivity index is 1.56. The highest BCUT2D eigenvalue weighted by atomic mass is 35.5. The smallest absolute Gasteiger partial charge is 0.244 e. The number of carbonyl (C=O) groups excluding carboxylic acids is 1. The zero-order valence-electron chi connectivity index (χ0n) is 15.7. The van der Waals surface area contributed by atoms with Crippen LogP contribution in [0.2, 0.25) is 10.0 Å². The average Bonchev–Trinajstić information content (AvgIpc) is 2.74. The van der Waals surface area contributed by atoms with E-state index >= 15 is 0 Å². The molecule has 0 radical (unpaired) electrons. The summed E-state index contributed by atoms with van der Waals surface area (Å²) < 4.78 is 32.2. The number of nitrogens with zero attached hydrogens (tertiary/aromatic N) is 2. The highest BCUT2D eigenvalue weighted by Gasteiger charge is 2.31. The van der Waals surface area contributed by atoms with Crippen molar-refractivity contribution in [2.75, 3.05) is 39.0 Å². The highest BCUT2D eigenvalue weighted by molar-refractivity contribution is 8.00. The predicted molar refractivity (Wildman–Crippen MR) is 116 cm³/mol. The van der Waals surface area contributed by atoms with Crippen molar-refractivity contribution in [3.8, 4) is 5.75 Å². The first-order valence-corrected chi connectivity index (χ1v) is 12.0. The Hall–Kier alpha value is -1.45. The Morgan fingerprint density at radius 3 is 2.34 bits per heavy atom. The van der Waals surface area contributed by atoms with Crippen LogP contribution in [0.15, 0.2) is 52.3 Å². The lowest BCUT2D eigenvalue weighted by molar-refractivity contribution is -0.129. The number of hydrogen-bond acceptors (Lipinski definition) is 5. The minimum atomic E-state index is -3.76. The number of methoxy groups -OCH3 is 1. The maximum absolute atomic E-state index is 12.9. The largest absolute Gasteiger partial charge is 0.497 e. The van der Waals surface area contributed by atoms with Gasteiger partial charge in [0.1, 0.15) is 10.6 Å². The lowest BCUT2D eigenvalue weighted by atomic mass is 10.3. The van der Waals surface area contributed by atoms with E-state index in [-0.39, 0.29) is 28.9 Å². The summed E-state index contributed by atoms with van der Waals surface area (Å²) in [7, 11) is -2.16. The first kappa shape index (κ1) is 22.2. The van der Waals surface area contributed by atoms with Gasteiger partial charge in [-0.3, -0.25) is 4.79 Å². The highest BCUT2D eigenvalue weighted by Crippen LogP contribution is 2.28. The van der Waals surface area contributed by atoms with E-state index in [1.807, 2.05) is 24.3 Å². The molecule has 1 heterocycles. The average molecular weight is 475 g/mol. The van der Waals surface area contributed by atoms with Crippen molar-refractivity contribution < 1.29 is 17.9 Å². The van der Waals surface area contributed by atoms with E-state index in [4.69, 9.17) is 27.9 Å². The van der Waals surface area contributed by atoms with E-state index in [0.717, 1.165) is 10.6 Å². The van der Waals surface area contributed by atoms with Gasteiger partial charge >= 0.3 is 0 Å². The molecule has 1 aliphatic rings. The van der Waals surface area contributed by atoms with Gasteiger partial charge in [-0.2, -0.15) is 4.31 Å².